The Labute approximate surface area is 183 Å². The Balaban J connectivity index is 1.50. The van der Waals surface area contributed by atoms with Crippen LogP contribution in [-0.2, 0) is 13.0 Å². The molecule has 0 saturated carbocycles. The summed E-state index contributed by atoms with van der Waals surface area (Å²) in [7, 11) is 0. The molecular formula is C28H25NO2. The van der Waals surface area contributed by atoms with Crippen LogP contribution in [0, 0.1) is 0 Å². The summed E-state index contributed by atoms with van der Waals surface area (Å²) in [5, 5.41) is 10.7. The molecule has 1 unspecified atom stereocenters. The number of anilines is 1. The summed E-state index contributed by atoms with van der Waals surface area (Å²) in [6, 6.07) is 34.6. The number of hydrogen-bond acceptors (Lipinski definition) is 3. The van der Waals surface area contributed by atoms with Crippen molar-refractivity contribution in [3.8, 4) is 11.5 Å². The van der Waals surface area contributed by atoms with Crippen molar-refractivity contribution in [3.63, 3.8) is 0 Å². The second-order valence-electron chi connectivity index (χ2n) is 7.88. The minimum atomic E-state index is -0.0458. The molecule has 3 nitrogen and oxygen atoms in total. The molecule has 0 spiro atoms. The van der Waals surface area contributed by atoms with Crippen LogP contribution in [0.4, 0.5) is 5.69 Å². The number of para-hydroxylation sites is 2. The van der Waals surface area contributed by atoms with E-state index in [1.807, 2.05) is 48.5 Å². The normalized spacial score (nSPS) is 15.4. The van der Waals surface area contributed by atoms with Crippen LogP contribution >= 0.6 is 0 Å². The zero-order chi connectivity index (χ0) is 21.0. The fourth-order valence-electron chi connectivity index (χ4n) is 4.39. The summed E-state index contributed by atoms with van der Waals surface area (Å²) >= 11 is 0. The summed E-state index contributed by atoms with van der Waals surface area (Å²) in [6.07, 6.45) is 0.927. The lowest BCUT2D eigenvalue weighted by molar-refractivity contribution is 0.305. The van der Waals surface area contributed by atoms with E-state index in [0.717, 1.165) is 35.5 Å². The minimum Gasteiger partial charge on any atom is -0.508 e. The van der Waals surface area contributed by atoms with E-state index in [1.165, 1.54) is 11.1 Å². The third-order valence-corrected chi connectivity index (χ3v) is 5.91. The Kier molecular flexibility index (Phi) is 5.32. The summed E-state index contributed by atoms with van der Waals surface area (Å²) in [5.74, 6) is 1.21. The van der Waals surface area contributed by atoms with Crippen molar-refractivity contribution in [2.45, 2.75) is 19.1 Å². The monoisotopic (exact) mass is 407 g/mol. The summed E-state index contributed by atoms with van der Waals surface area (Å²) in [5.41, 5.74) is 5.72. The molecule has 4 aromatic carbocycles. The molecule has 0 saturated heterocycles. The second-order valence-corrected chi connectivity index (χ2v) is 7.88. The molecule has 3 heteroatoms. The van der Waals surface area contributed by atoms with Crippen molar-refractivity contribution in [2.24, 2.45) is 0 Å². The van der Waals surface area contributed by atoms with E-state index in [1.54, 1.807) is 6.07 Å². The van der Waals surface area contributed by atoms with Gasteiger partial charge in [-0.15, -0.1) is 0 Å². The van der Waals surface area contributed by atoms with Crippen molar-refractivity contribution in [1.29, 1.82) is 0 Å². The number of benzene rings is 4. The first kappa shape index (κ1) is 19.3. The summed E-state index contributed by atoms with van der Waals surface area (Å²) < 4.78 is 6.07. The van der Waals surface area contributed by atoms with Gasteiger partial charge in [-0.05, 0) is 53.4 Å². The lowest BCUT2D eigenvalue weighted by Gasteiger charge is -2.39. The molecule has 0 fully saturated rings. The number of nitrogens with zero attached hydrogens (tertiary/aromatic N) is 1. The Morgan fingerprint density at radius 3 is 2.26 bits per heavy atom. The van der Waals surface area contributed by atoms with Gasteiger partial charge in [0.1, 0.15) is 18.1 Å². The van der Waals surface area contributed by atoms with Gasteiger partial charge in [0.05, 0.1) is 6.04 Å². The minimum absolute atomic E-state index is 0.0458. The van der Waals surface area contributed by atoms with Gasteiger partial charge < -0.3 is 14.7 Å². The predicted molar refractivity (Wildman–Crippen MR) is 125 cm³/mol. The van der Waals surface area contributed by atoms with Gasteiger partial charge in [-0.2, -0.15) is 0 Å². The van der Waals surface area contributed by atoms with Crippen molar-refractivity contribution in [2.75, 3.05) is 11.4 Å². The molecule has 0 radical (unpaired) electrons. The summed E-state index contributed by atoms with van der Waals surface area (Å²) in [6.45, 7) is 1.43. The molecule has 1 aliphatic rings. The zero-order valence-electron chi connectivity index (χ0n) is 17.3. The quantitative estimate of drug-likeness (QED) is 0.432. The molecule has 0 aromatic heterocycles. The van der Waals surface area contributed by atoms with E-state index in [-0.39, 0.29) is 6.04 Å². The second kappa shape index (κ2) is 8.57. The van der Waals surface area contributed by atoms with Gasteiger partial charge in [0.25, 0.3) is 0 Å². The molecule has 1 atom stereocenters. The smallest absolute Gasteiger partial charge is 0.121 e. The van der Waals surface area contributed by atoms with Crippen LogP contribution in [-0.4, -0.2) is 11.7 Å². The molecule has 154 valence electrons. The molecule has 1 heterocycles. The van der Waals surface area contributed by atoms with Crippen LogP contribution in [0.1, 0.15) is 28.3 Å². The van der Waals surface area contributed by atoms with Crippen molar-refractivity contribution in [3.05, 3.63) is 125 Å². The van der Waals surface area contributed by atoms with Gasteiger partial charge in [-0.25, -0.2) is 0 Å². The van der Waals surface area contributed by atoms with Gasteiger partial charge in [0.2, 0.25) is 0 Å². The first-order valence-electron chi connectivity index (χ1n) is 10.7. The lowest BCUT2D eigenvalue weighted by atomic mass is 9.87. The van der Waals surface area contributed by atoms with E-state index >= 15 is 0 Å². The molecule has 1 aliphatic heterocycles. The van der Waals surface area contributed by atoms with Crippen LogP contribution in [0.5, 0.6) is 11.5 Å². The van der Waals surface area contributed by atoms with Crippen LogP contribution < -0.4 is 9.64 Å². The fourth-order valence-corrected chi connectivity index (χ4v) is 4.39. The largest absolute Gasteiger partial charge is 0.508 e. The van der Waals surface area contributed by atoms with Crippen LogP contribution in [0.15, 0.2) is 103 Å². The molecule has 4 aromatic rings. The van der Waals surface area contributed by atoms with Gasteiger partial charge >= 0.3 is 0 Å². The Morgan fingerprint density at radius 1 is 0.774 bits per heavy atom. The lowest BCUT2D eigenvalue weighted by Crippen LogP contribution is -2.36. The van der Waals surface area contributed by atoms with E-state index in [2.05, 4.69) is 53.4 Å². The number of fused-ring (bicyclic) bond motifs is 1. The van der Waals surface area contributed by atoms with Crippen molar-refractivity contribution < 1.29 is 9.84 Å². The number of phenols is 1. The number of rotatable bonds is 5. The van der Waals surface area contributed by atoms with Crippen molar-refractivity contribution >= 4 is 5.69 Å². The summed E-state index contributed by atoms with van der Waals surface area (Å²) in [4.78, 5) is 2.38. The first-order chi connectivity index (χ1) is 15.3. The molecule has 5 rings (SSSR count). The van der Waals surface area contributed by atoms with Crippen LogP contribution in [0.3, 0.4) is 0 Å². The Hall–Kier alpha value is -3.72. The SMILES string of the molecule is Oc1ccccc1C1c2ccc(OCc3ccccc3)cc2CCN1c1ccccc1. The maximum absolute atomic E-state index is 10.7. The third-order valence-electron chi connectivity index (χ3n) is 5.91. The number of hydrogen-bond donors (Lipinski definition) is 1. The molecule has 31 heavy (non-hydrogen) atoms. The third kappa shape index (κ3) is 3.99. The van der Waals surface area contributed by atoms with Crippen LogP contribution in [0.25, 0.3) is 0 Å². The Morgan fingerprint density at radius 2 is 1.48 bits per heavy atom. The van der Waals surface area contributed by atoms with Gasteiger partial charge in [-0.3, -0.25) is 0 Å². The Bertz CT molecular complexity index is 1160. The van der Waals surface area contributed by atoms with Crippen molar-refractivity contribution in [1.82, 2.24) is 0 Å². The molecule has 0 bridgehead atoms. The maximum Gasteiger partial charge on any atom is 0.121 e. The fraction of sp³-hybridized carbons (Fsp3) is 0.143. The topological polar surface area (TPSA) is 32.7 Å². The zero-order valence-corrected chi connectivity index (χ0v) is 17.3. The first-order valence-corrected chi connectivity index (χ1v) is 10.7. The number of ether oxygens (including phenoxy) is 1. The van der Waals surface area contributed by atoms with Gasteiger partial charge in [0, 0.05) is 17.8 Å². The van der Waals surface area contributed by atoms with Gasteiger partial charge in [0.15, 0.2) is 0 Å². The molecule has 0 aliphatic carbocycles. The van der Waals surface area contributed by atoms with Gasteiger partial charge in [-0.1, -0.05) is 72.8 Å². The highest BCUT2D eigenvalue weighted by atomic mass is 16.5. The maximum atomic E-state index is 10.7. The average Bonchev–Trinajstić information content (AvgIpc) is 2.83. The van der Waals surface area contributed by atoms with E-state index < -0.39 is 0 Å². The van der Waals surface area contributed by atoms with E-state index in [0.29, 0.717) is 12.4 Å². The number of aromatic hydroxyl groups is 1. The highest BCUT2D eigenvalue weighted by Crippen LogP contribution is 2.42. The molecular weight excluding hydrogens is 382 g/mol. The predicted octanol–water partition coefficient (Wildman–Crippen LogP) is 6.12. The van der Waals surface area contributed by atoms with E-state index in [4.69, 9.17) is 4.74 Å². The molecule has 0 amide bonds. The number of phenolic OH excluding ortho intramolecular Hbond substituents is 1. The highest BCUT2D eigenvalue weighted by Gasteiger charge is 2.30. The van der Waals surface area contributed by atoms with Crippen LogP contribution in [0.2, 0.25) is 0 Å². The molecule has 1 N–H and O–H groups in total. The van der Waals surface area contributed by atoms with E-state index in [9.17, 15) is 5.11 Å². The highest BCUT2D eigenvalue weighted by molar-refractivity contribution is 5.58. The standard InChI is InChI=1S/C28H25NO2/c30-27-14-8-7-13-26(27)28-25-16-15-24(31-20-21-9-3-1-4-10-21)19-22(25)17-18-29(28)23-11-5-2-6-12-23/h1-16,19,28,30H,17-18,20H2. The average molecular weight is 408 g/mol.